The van der Waals surface area contributed by atoms with Crippen molar-refractivity contribution < 1.29 is 4.79 Å². The van der Waals surface area contributed by atoms with Gasteiger partial charge in [0, 0.05) is 31.3 Å². The molecule has 1 aliphatic carbocycles. The number of allylic oxidation sites excluding steroid dienone is 3. The Morgan fingerprint density at radius 2 is 1.90 bits per heavy atom. The van der Waals surface area contributed by atoms with Crippen LogP contribution in [-0.2, 0) is 0 Å². The first-order chi connectivity index (χ1) is 9.72. The van der Waals surface area contributed by atoms with Crippen molar-refractivity contribution >= 4 is 17.1 Å². The average molecular weight is 263 g/mol. The molecule has 0 saturated heterocycles. The molecule has 0 aromatic heterocycles. The molecule has 100 valence electrons. The third-order valence-electron chi connectivity index (χ3n) is 3.86. The first-order valence-corrected chi connectivity index (χ1v) is 6.75. The fraction of sp³-hybridized carbons (Fsp3) is 0.167. The Labute approximate surface area is 119 Å². The fourth-order valence-corrected chi connectivity index (χ4v) is 2.87. The summed E-state index contributed by atoms with van der Waals surface area (Å²) in [6, 6.07) is 12.2. The normalized spacial score (nSPS) is 17.3. The number of rotatable bonds is 3. The predicted molar refractivity (Wildman–Crippen MR) is 83.0 cm³/mol. The van der Waals surface area contributed by atoms with Gasteiger partial charge in [0.25, 0.3) is 0 Å². The maximum Gasteiger partial charge on any atom is 0.150 e. The van der Waals surface area contributed by atoms with Crippen molar-refractivity contribution in [3.05, 3.63) is 71.5 Å². The summed E-state index contributed by atoms with van der Waals surface area (Å²) in [7, 11) is 4.07. The largest absolute Gasteiger partial charge is 0.380 e. The Hall–Kier alpha value is -2.35. The molecule has 2 aromatic rings. The summed E-state index contributed by atoms with van der Waals surface area (Å²) in [5.74, 6) is 0.162. The van der Waals surface area contributed by atoms with Crippen LogP contribution in [0.5, 0.6) is 0 Å². The standard InChI is InChI=1S/C18H17NO/c1-19(2)18-9-5-8-16(18)15-11-10-13-6-3-4-7-14(13)17(15)12-20/h3-12,16H,1-2H3. The van der Waals surface area contributed by atoms with Gasteiger partial charge in [0.05, 0.1) is 0 Å². The lowest BCUT2D eigenvalue weighted by molar-refractivity contribution is 0.112. The van der Waals surface area contributed by atoms with E-state index >= 15 is 0 Å². The summed E-state index contributed by atoms with van der Waals surface area (Å²) in [4.78, 5) is 13.7. The van der Waals surface area contributed by atoms with Crippen molar-refractivity contribution in [3.8, 4) is 0 Å². The van der Waals surface area contributed by atoms with Gasteiger partial charge in [-0.3, -0.25) is 4.79 Å². The summed E-state index contributed by atoms with van der Waals surface area (Å²) in [6.45, 7) is 0. The van der Waals surface area contributed by atoms with Crippen molar-refractivity contribution in [2.75, 3.05) is 14.1 Å². The quantitative estimate of drug-likeness (QED) is 0.786. The van der Waals surface area contributed by atoms with E-state index in [1.807, 2.05) is 38.4 Å². The van der Waals surface area contributed by atoms with Crippen LogP contribution in [-0.4, -0.2) is 25.3 Å². The minimum absolute atomic E-state index is 0.162. The van der Waals surface area contributed by atoms with Crippen LogP contribution in [0.3, 0.4) is 0 Å². The lowest BCUT2D eigenvalue weighted by Gasteiger charge is -2.23. The second-order valence-electron chi connectivity index (χ2n) is 5.26. The number of carbonyl (C=O) groups excluding carboxylic acids is 1. The summed E-state index contributed by atoms with van der Waals surface area (Å²) in [6.07, 6.45) is 7.29. The number of nitrogens with zero attached hydrogens (tertiary/aromatic N) is 1. The molecule has 0 saturated carbocycles. The third kappa shape index (κ3) is 1.94. The molecule has 20 heavy (non-hydrogen) atoms. The van der Waals surface area contributed by atoms with Gasteiger partial charge in [0.1, 0.15) is 0 Å². The molecule has 0 amide bonds. The van der Waals surface area contributed by atoms with Crippen molar-refractivity contribution in [2.45, 2.75) is 5.92 Å². The minimum Gasteiger partial charge on any atom is -0.380 e. The summed E-state index contributed by atoms with van der Waals surface area (Å²) in [5, 5.41) is 2.13. The molecule has 1 atom stereocenters. The maximum atomic E-state index is 11.6. The van der Waals surface area contributed by atoms with E-state index in [2.05, 4.69) is 35.3 Å². The molecular weight excluding hydrogens is 246 g/mol. The van der Waals surface area contributed by atoms with E-state index < -0.39 is 0 Å². The van der Waals surface area contributed by atoms with Crippen molar-refractivity contribution in [2.24, 2.45) is 0 Å². The van der Waals surface area contributed by atoms with Gasteiger partial charge in [-0.25, -0.2) is 0 Å². The Bertz CT molecular complexity index is 725. The lowest BCUT2D eigenvalue weighted by Crippen LogP contribution is -2.16. The van der Waals surface area contributed by atoms with Crippen LogP contribution in [0, 0.1) is 0 Å². The first-order valence-electron chi connectivity index (χ1n) is 6.75. The Balaban J connectivity index is 2.20. The number of fused-ring (bicyclic) bond motifs is 1. The van der Waals surface area contributed by atoms with E-state index in [0.29, 0.717) is 0 Å². The highest BCUT2D eigenvalue weighted by Crippen LogP contribution is 2.35. The third-order valence-corrected chi connectivity index (χ3v) is 3.86. The van der Waals surface area contributed by atoms with Crippen LogP contribution in [0.2, 0.25) is 0 Å². The van der Waals surface area contributed by atoms with E-state index in [0.717, 1.165) is 28.2 Å². The van der Waals surface area contributed by atoms with Crippen LogP contribution in [0.15, 0.2) is 60.3 Å². The zero-order valence-electron chi connectivity index (χ0n) is 11.7. The first kappa shape index (κ1) is 12.7. The van der Waals surface area contributed by atoms with Crippen molar-refractivity contribution in [1.82, 2.24) is 4.90 Å². The summed E-state index contributed by atoms with van der Waals surface area (Å²) < 4.78 is 0. The molecule has 3 rings (SSSR count). The van der Waals surface area contributed by atoms with Crippen LogP contribution in [0.4, 0.5) is 0 Å². The van der Waals surface area contributed by atoms with E-state index in [1.54, 1.807) is 0 Å². The molecule has 1 unspecified atom stereocenters. The monoisotopic (exact) mass is 263 g/mol. The van der Waals surface area contributed by atoms with Gasteiger partial charge < -0.3 is 4.90 Å². The lowest BCUT2D eigenvalue weighted by atomic mass is 9.90. The zero-order valence-corrected chi connectivity index (χ0v) is 11.7. The van der Waals surface area contributed by atoms with Crippen LogP contribution >= 0.6 is 0 Å². The van der Waals surface area contributed by atoms with E-state index in [-0.39, 0.29) is 5.92 Å². The topological polar surface area (TPSA) is 20.3 Å². The van der Waals surface area contributed by atoms with Gasteiger partial charge in [-0.05, 0) is 22.4 Å². The molecule has 0 radical (unpaired) electrons. The molecule has 2 aromatic carbocycles. The van der Waals surface area contributed by atoms with Gasteiger partial charge in [0.15, 0.2) is 6.29 Å². The SMILES string of the molecule is CN(C)C1=CC=CC1c1ccc2ccccc2c1C=O. The molecule has 0 bridgehead atoms. The number of benzene rings is 2. The van der Waals surface area contributed by atoms with Gasteiger partial charge in [-0.15, -0.1) is 0 Å². The van der Waals surface area contributed by atoms with Gasteiger partial charge in [0.2, 0.25) is 0 Å². The molecule has 1 aliphatic rings. The molecule has 0 aliphatic heterocycles. The Morgan fingerprint density at radius 1 is 1.10 bits per heavy atom. The molecule has 2 nitrogen and oxygen atoms in total. The minimum atomic E-state index is 0.162. The number of likely N-dealkylation sites (N-methyl/N-ethyl adjacent to an activating group) is 1. The van der Waals surface area contributed by atoms with E-state index in [9.17, 15) is 4.79 Å². The summed E-state index contributed by atoms with van der Waals surface area (Å²) in [5.41, 5.74) is 3.09. The fourth-order valence-electron chi connectivity index (χ4n) is 2.87. The number of carbonyl (C=O) groups is 1. The predicted octanol–water partition coefficient (Wildman–Crippen LogP) is 3.75. The molecule has 0 spiro atoms. The van der Waals surface area contributed by atoms with E-state index in [4.69, 9.17) is 0 Å². The second kappa shape index (κ2) is 4.97. The van der Waals surface area contributed by atoms with Crippen molar-refractivity contribution in [1.29, 1.82) is 0 Å². The maximum absolute atomic E-state index is 11.6. The Morgan fingerprint density at radius 3 is 2.65 bits per heavy atom. The average Bonchev–Trinajstić information content (AvgIpc) is 2.95. The number of hydrogen-bond acceptors (Lipinski definition) is 2. The van der Waals surface area contributed by atoms with Crippen LogP contribution in [0.1, 0.15) is 21.8 Å². The molecule has 0 heterocycles. The van der Waals surface area contributed by atoms with Crippen molar-refractivity contribution in [3.63, 3.8) is 0 Å². The molecule has 0 N–H and O–H groups in total. The van der Waals surface area contributed by atoms with Crippen LogP contribution in [0.25, 0.3) is 10.8 Å². The summed E-state index contributed by atoms with van der Waals surface area (Å²) >= 11 is 0. The highest BCUT2D eigenvalue weighted by Gasteiger charge is 2.22. The molecule has 2 heteroatoms. The Kier molecular flexibility index (Phi) is 3.15. The zero-order chi connectivity index (χ0) is 14.1. The smallest absolute Gasteiger partial charge is 0.150 e. The van der Waals surface area contributed by atoms with Gasteiger partial charge >= 0.3 is 0 Å². The highest BCUT2D eigenvalue weighted by atomic mass is 16.1. The molecular formula is C18H17NO. The van der Waals surface area contributed by atoms with Gasteiger partial charge in [-0.2, -0.15) is 0 Å². The van der Waals surface area contributed by atoms with Crippen LogP contribution < -0.4 is 0 Å². The van der Waals surface area contributed by atoms with Gasteiger partial charge in [-0.1, -0.05) is 48.6 Å². The number of aldehydes is 1. The number of hydrogen-bond donors (Lipinski definition) is 0. The second-order valence-corrected chi connectivity index (χ2v) is 5.26. The molecule has 0 fully saturated rings. The van der Waals surface area contributed by atoms with E-state index in [1.165, 1.54) is 5.70 Å². The highest BCUT2D eigenvalue weighted by molar-refractivity contribution is 6.00.